The molecule has 0 radical (unpaired) electrons. The summed E-state index contributed by atoms with van der Waals surface area (Å²) in [5.41, 5.74) is 2.28. The normalized spacial score (nSPS) is 16.2. The lowest BCUT2D eigenvalue weighted by Crippen LogP contribution is -2.37. The number of hydrogen-bond acceptors (Lipinski definition) is 3. The van der Waals surface area contributed by atoms with Crippen molar-refractivity contribution in [3.05, 3.63) is 81.8 Å². The second-order valence-corrected chi connectivity index (χ2v) is 5.91. The van der Waals surface area contributed by atoms with Crippen LogP contribution < -0.4 is 15.6 Å². The van der Waals surface area contributed by atoms with Crippen LogP contribution in [-0.4, -0.2) is 29.3 Å². The highest BCUT2D eigenvalue weighted by Gasteiger charge is 2.32. The second kappa shape index (κ2) is 5.98. The number of nitrogens with one attached hydrogen (secondary N) is 2. The first-order chi connectivity index (χ1) is 12.2. The lowest BCUT2D eigenvalue weighted by Gasteiger charge is -2.22. The van der Waals surface area contributed by atoms with E-state index in [1.54, 1.807) is 7.11 Å². The summed E-state index contributed by atoms with van der Waals surface area (Å²) in [6, 6.07) is 16.8. The standard InChI is InChI=1S/C19H17N3O3/c1-25-14-9-7-12(8-10-14)15-11-20-18(23)17-16(15)19(24)22(21-17)13-5-3-2-4-6-13/h2-10,15,21H,11H2,1H3,(H,20,23). The molecule has 2 heterocycles. The first-order valence-electron chi connectivity index (χ1n) is 8.01. The molecule has 0 spiro atoms. The third-order valence-corrected chi connectivity index (χ3v) is 4.50. The highest BCUT2D eigenvalue weighted by molar-refractivity contribution is 5.95. The van der Waals surface area contributed by atoms with Crippen molar-refractivity contribution in [3.63, 3.8) is 0 Å². The zero-order valence-corrected chi connectivity index (χ0v) is 13.7. The van der Waals surface area contributed by atoms with E-state index in [0.29, 0.717) is 23.5 Å². The second-order valence-electron chi connectivity index (χ2n) is 5.91. The Morgan fingerprint density at radius 3 is 2.44 bits per heavy atom. The van der Waals surface area contributed by atoms with Gasteiger partial charge in [-0.3, -0.25) is 14.7 Å². The van der Waals surface area contributed by atoms with Gasteiger partial charge in [0.15, 0.2) is 0 Å². The van der Waals surface area contributed by atoms with Crippen molar-refractivity contribution >= 4 is 5.91 Å². The molecular formula is C19H17N3O3. The predicted octanol–water partition coefficient (Wildman–Crippen LogP) is 2.05. The van der Waals surface area contributed by atoms with Crippen LogP contribution in [0.1, 0.15) is 27.5 Å². The lowest BCUT2D eigenvalue weighted by atomic mass is 9.88. The number of nitrogens with zero attached hydrogens (tertiary/aromatic N) is 1. The predicted molar refractivity (Wildman–Crippen MR) is 93.6 cm³/mol. The third-order valence-electron chi connectivity index (χ3n) is 4.50. The van der Waals surface area contributed by atoms with Gasteiger partial charge in [-0.1, -0.05) is 30.3 Å². The molecule has 25 heavy (non-hydrogen) atoms. The van der Waals surface area contributed by atoms with Crippen LogP contribution in [0.3, 0.4) is 0 Å². The molecular weight excluding hydrogens is 318 g/mol. The van der Waals surface area contributed by atoms with Crippen LogP contribution >= 0.6 is 0 Å². The van der Waals surface area contributed by atoms with Crippen molar-refractivity contribution in [3.8, 4) is 11.4 Å². The van der Waals surface area contributed by atoms with Gasteiger partial charge in [0.25, 0.3) is 11.5 Å². The van der Waals surface area contributed by atoms with Gasteiger partial charge in [0.1, 0.15) is 11.4 Å². The van der Waals surface area contributed by atoms with Crippen LogP contribution in [0.5, 0.6) is 5.75 Å². The van der Waals surface area contributed by atoms with E-state index in [9.17, 15) is 9.59 Å². The molecule has 1 aliphatic heterocycles. The van der Waals surface area contributed by atoms with E-state index < -0.39 is 0 Å². The van der Waals surface area contributed by atoms with Crippen LogP contribution in [0.4, 0.5) is 0 Å². The Kier molecular flexibility index (Phi) is 3.65. The summed E-state index contributed by atoms with van der Waals surface area (Å²) < 4.78 is 6.61. The summed E-state index contributed by atoms with van der Waals surface area (Å²) in [4.78, 5) is 25.2. The summed E-state index contributed by atoms with van der Waals surface area (Å²) in [5, 5.41) is 5.81. The number of H-pyrrole nitrogens is 1. The Morgan fingerprint density at radius 2 is 1.76 bits per heavy atom. The van der Waals surface area contributed by atoms with Crippen molar-refractivity contribution in [2.45, 2.75) is 5.92 Å². The van der Waals surface area contributed by atoms with E-state index in [-0.39, 0.29) is 17.4 Å². The molecule has 0 saturated heterocycles. The number of ether oxygens (including phenoxy) is 1. The number of carbonyl (C=O) groups excluding carboxylic acids is 1. The first-order valence-corrected chi connectivity index (χ1v) is 8.01. The molecule has 1 atom stereocenters. The fraction of sp³-hybridized carbons (Fsp3) is 0.158. The van der Waals surface area contributed by atoms with Gasteiger partial charge in [0, 0.05) is 12.5 Å². The van der Waals surface area contributed by atoms with E-state index in [0.717, 1.165) is 11.3 Å². The van der Waals surface area contributed by atoms with Gasteiger partial charge in [-0.25, -0.2) is 4.68 Å². The van der Waals surface area contributed by atoms with E-state index in [1.807, 2.05) is 54.6 Å². The van der Waals surface area contributed by atoms with E-state index in [2.05, 4.69) is 10.4 Å². The minimum absolute atomic E-state index is 0.197. The zero-order chi connectivity index (χ0) is 17.4. The molecule has 0 bridgehead atoms. The highest BCUT2D eigenvalue weighted by Crippen LogP contribution is 2.28. The molecule has 2 N–H and O–H groups in total. The molecule has 0 aliphatic carbocycles. The van der Waals surface area contributed by atoms with Crippen molar-refractivity contribution in [1.29, 1.82) is 0 Å². The van der Waals surface area contributed by atoms with Gasteiger partial charge in [-0.05, 0) is 29.8 Å². The molecule has 1 amide bonds. The molecule has 6 nitrogen and oxygen atoms in total. The van der Waals surface area contributed by atoms with E-state index in [4.69, 9.17) is 4.74 Å². The SMILES string of the molecule is COc1ccc(C2CNC(=O)c3[nH]n(-c4ccccc4)c(=O)c32)cc1. The maximum atomic E-state index is 13.0. The summed E-state index contributed by atoms with van der Waals surface area (Å²) in [7, 11) is 1.61. The molecule has 3 aromatic rings. The van der Waals surface area contributed by atoms with Crippen molar-refractivity contribution < 1.29 is 9.53 Å². The molecule has 4 rings (SSSR count). The number of aromatic amines is 1. The quantitative estimate of drug-likeness (QED) is 0.769. The fourth-order valence-corrected chi connectivity index (χ4v) is 3.21. The average Bonchev–Trinajstić information content (AvgIpc) is 3.02. The minimum Gasteiger partial charge on any atom is -0.497 e. The number of benzene rings is 2. The van der Waals surface area contributed by atoms with Gasteiger partial charge in [0.05, 0.1) is 18.4 Å². The number of amides is 1. The molecule has 0 fully saturated rings. The minimum atomic E-state index is -0.258. The Morgan fingerprint density at radius 1 is 1.04 bits per heavy atom. The number of methoxy groups -OCH3 is 1. The van der Waals surface area contributed by atoms with Crippen molar-refractivity contribution in [1.82, 2.24) is 15.1 Å². The van der Waals surface area contributed by atoms with Crippen molar-refractivity contribution in [2.24, 2.45) is 0 Å². The summed E-state index contributed by atoms with van der Waals surface area (Å²) in [6.45, 7) is 0.389. The fourth-order valence-electron chi connectivity index (χ4n) is 3.21. The van der Waals surface area contributed by atoms with Crippen LogP contribution in [0.25, 0.3) is 5.69 Å². The monoisotopic (exact) mass is 335 g/mol. The summed E-state index contributed by atoms with van der Waals surface area (Å²) in [6.07, 6.45) is 0. The Hall–Kier alpha value is -3.28. The number of hydrogen-bond donors (Lipinski definition) is 2. The number of aromatic nitrogens is 2. The van der Waals surface area contributed by atoms with Gasteiger partial charge < -0.3 is 10.1 Å². The topological polar surface area (TPSA) is 76.1 Å². The average molecular weight is 335 g/mol. The number of carbonyl (C=O) groups is 1. The molecule has 1 aromatic heterocycles. The van der Waals surface area contributed by atoms with Gasteiger partial charge in [-0.15, -0.1) is 0 Å². The molecule has 0 saturated carbocycles. The number of fused-ring (bicyclic) bond motifs is 1. The number of para-hydroxylation sites is 1. The van der Waals surface area contributed by atoms with Crippen LogP contribution in [0.2, 0.25) is 0 Å². The summed E-state index contributed by atoms with van der Waals surface area (Å²) in [5.74, 6) is 0.290. The largest absolute Gasteiger partial charge is 0.497 e. The smallest absolute Gasteiger partial charge is 0.275 e. The highest BCUT2D eigenvalue weighted by atomic mass is 16.5. The van der Waals surface area contributed by atoms with Gasteiger partial charge >= 0.3 is 0 Å². The molecule has 6 heteroatoms. The van der Waals surface area contributed by atoms with Crippen LogP contribution in [-0.2, 0) is 0 Å². The number of rotatable bonds is 3. The maximum absolute atomic E-state index is 13.0. The Labute approximate surface area is 144 Å². The van der Waals surface area contributed by atoms with Crippen molar-refractivity contribution in [2.75, 3.05) is 13.7 Å². The molecule has 1 unspecified atom stereocenters. The van der Waals surface area contributed by atoms with E-state index >= 15 is 0 Å². The summed E-state index contributed by atoms with van der Waals surface area (Å²) >= 11 is 0. The Bertz CT molecular complexity index is 971. The lowest BCUT2D eigenvalue weighted by molar-refractivity contribution is 0.0937. The third kappa shape index (κ3) is 2.52. The van der Waals surface area contributed by atoms with Crippen LogP contribution in [0.15, 0.2) is 59.4 Å². The van der Waals surface area contributed by atoms with Crippen LogP contribution in [0, 0.1) is 0 Å². The molecule has 2 aromatic carbocycles. The van der Waals surface area contributed by atoms with Gasteiger partial charge in [0.2, 0.25) is 0 Å². The molecule has 1 aliphatic rings. The van der Waals surface area contributed by atoms with Gasteiger partial charge in [-0.2, -0.15) is 0 Å². The maximum Gasteiger partial charge on any atom is 0.275 e. The zero-order valence-electron chi connectivity index (χ0n) is 13.7. The molecule has 126 valence electrons. The Balaban J connectivity index is 1.85. The first kappa shape index (κ1) is 15.3. The van der Waals surface area contributed by atoms with E-state index in [1.165, 1.54) is 4.68 Å².